The molecule has 0 radical (unpaired) electrons. The maximum absolute atomic E-state index is 13.5. The fourth-order valence-electron chi connectivity index (χ4n) is 5.60. The molecule has 1 atom stereocenters. The number of likely N-dealkylation sites (tertiary alicyclic amines) is 1. The molecule has 216 valence electrons. The lowest BCUT2D eigenvalue weighted by Crippen LogP contribution is -2.44. The maximum atomic E-state index is 13.5. The van der Waals surface area contributed by atoms with Gasteiger partial charge in [-0.3, -0.25) is 9.69 Å². The van der Waals surface area contributed by atoms with E-state index in [0.717, 1.165) is 29.7 Å². The zero-order valence-corrected chi connectivity index (χ0v) is 22.1. The van der Waals surface area contributed by atoms with E-state index in [2.05, 4.69) is 14.9 Å². The number of para-hydroxylation sites is 2. The summed E-state index contributed by atoms with van der Waals surface area (Å²) in [7, 11) is 0. The van der Waals surface area contributed by atoms with Gasteiger partial charge in [0.15, 0.2) is 0 Å². The standard InChI is InChI=1S/C30H28F6N4O/c1-19-38-25-9-5-6-10-26(25)40(19)24-11-13-39(14-12-24)27(21-7-3-2-4-8-21)28(41)37-18-20-15-22(29(31,32)33)17-23(16-20)30(34,35)36/h2-10,15-17,24,27H,11-14,18H2,1H3,(H,37,41). The minimum atomic E-state index is -4.96. The van der Waals surface area contributed by atoms with Gasteiger partial charge in [-0.15, -0.1) is 0 Å². The number of carbonyl (C=O) groups is 1. The third-order valence-corrected chi connectivity index (χ3v) is 7.48. The topological polar surface area (TPSA) is 50.2 Å². The normalized spacial score (nSPS) is 16.2. The summed E-state index contributed by atoms with van der Waals surface area (Å²) < 4.78 is 82.0. The van der Waals surface area contributed by atoms with Crippen molar-refractivity contribution in [1.82, 2.24) is 19.8 Å². The molecule has 5 rings (SSSR count). The molecule has 4 aromatic rings. The number of halogens is 6. The van der Waals surface area contributed by atoms with E-state index in [0.29, 0.717) is 30.8 Å². The van der Waals surface area contributed by atoms with Gasteiger partial charge in [-0.2, -0.15) is 26.3 Å². The lowest BCUT2D eigenvalue weighted by molar-refractivity contribution is -0.143. The summed E-state index contributed by atoms with van der Waals surface area (Å²) in [5.41, 5.74) is -0.472. The molecule has 11 heteroatoms. The van der Waals surface area contributed by atoms with Crippen LogP contribution in [0.2, 0.25) is 0 Å². The van der Waals surface area contributed by atoms with Gasteiger partial charge >= 0.3 is 12.4 Å². The number of carbonyl (C=O) groups excluding carboxylic acids is 1. The van der Waals surface area contributed by atoms with Gasteiger partial charge < -0.3 is 9.88 Å². The summed E-state index contributed by atoms with van der Waals surface area (Å²) in [6.45, 7) is 2.60. The third-order valence-electron chi connectivity index (χ3n) is 7.48. The van der Waals surface area contributed by atoms with Gasteiger partial charge in [0.1, 0.15) is 11.9 Å². The Bertz CT molecular complexity index is 1490. The molecule has 0 aliphatic carbocycles. The highest BCUT2D eigenvalue weighted by atomic mass is 19.4. The number of fused-ring (bicyclic) bond motifs is 1. The maximum Gasteiger partial charge on any atom is 0.416 e. The van der Waals surface area contributed by atoms with E-state index in [1.165, 1.54) is 0 Å². The molecule has 1 amide bonds. The molecule has 3 aromatic carbocycles. The van der Waals surface area contributed by atoms with Crippen LogP contribution in [0.25, 0.3) is 11.0 Å². The van der Waals surface area contributed by atoms with Gasteiger partial charge in [0, 0.05) is 25.7 Å². The largest absolute Gasteiger partial charge is 0.416 e. The van der Waals surface area contributed by atoms with Crippen molar-refractivity contribution >= 4 is 16.9 Å². The molecule has 1 aromatic heterocycles. The zero-order chi connectivity index (χ0) is 29.4. The minimum absolute atomic E-state index is 0.0768. The SMILES string of the molecule is Cc1nc2ccccc2n1C1CCN(C(C(=O)NCc2cc(C(F)(F)F)cc(C(F)(F)F)c2)c2ccccc2)CC1. The van der Waals surface area contributed by atoms with Crippen molar-refractivity contribution in [3.05, 3.63) is 101 Å². The highest BCUT2D eigenvalue weighted by molar-refractivity contribution is 5.83. The molecule has 2 heterocycles. The Morgan fingerprint density at radius 3 is 2.10 bits per heavy atom. The summed E-state index contributed by atoms with van der Waals surface area (Å²) in [4.78, 5) is 20.2. The smallest absolute Gasteiger partial charge is 0.350 e. The second-order valence-electron chi connectivity index (χ2n) is 10.2. The molecule has 0 saturated carbocycles. The van der Waals surface area contributed by atoms with Crippen molar-refractivity contribution in [1.29, 1.82) is 0 Å². The number of rotatable bonds is 6. The zero-order valence-electron chi connectivity index (χ0n) is 22.1. The second-order valence-corrected chi connectivity index (χ2v) is 10.2. The van der Waals surface area contributed by atoms with E-state index in [9.17, 15) is 31.1 Å². The summed E-state index contributed by atoms with van der Waals surface area (Å²) in [6, 6.07) is 17.6. The molecule has 1 aliphatic rings. The summed E-state index contributed by atoms with van der Waals surface area (Å²) in [5, 5.41) is 2.59. The molecule has 41 heavy (non-hydrogen) atoms. The Hall–Kier alpha value is -3.86. The lowest BCUT2D eigenvalue weighted by atomic mass is 9.98. The van der Waals surface area contributed by atoms with Crippen LogP contribution in [0.1, 0.15) is 53.0 Å². The number of imidazole rings is 1. The van der Waals surface area contributed by atoms with E-state index < -0.39 is 42.0 Å². The molecule has 1 aliphatic heterocycles. The Morgan fingerprint density at radius 1 is 0.902 bits per heavy atom. The van der Waals surface area contributed by atoms with E-state index in [-0.39, 0.29) is 17.7 Å². The molecule has 0 bridgehead atoms. The van der Waals surface area contributed by atoms with Crippen LogP contribution in [0.15, 0.2) is 72.8 Å². The van der Waals surface area contributed by atoms with Crippen molar-refractivity contribution in [2.24, 2.45) is 0 Å². The predicted molar refractivity (Wildman–Crippen MR) is 142 cm³/mol. The van der Waals surface area contributed by atoms with Gasteiger partial charge in [0.05, 0.1) is 22.2 Å². The van der Waals surface area contributed by atoms with Gasteiger partial charge in [-0.05, 0) is 61.2 Å². The van der Waals surface area contributed by atoms with Crippen LogP contribution in [0.3, 0.4) is 0 Å². The first-order chi connectivity index (χ1) is 19.4. The molecule has 0 spiro atoms. The molecular weight excluding hydrogens is 546 g/mol. The van der Waals surface area contributed by atoms with Crippen molar-refractivity contribution < 1.29 is 31.1 Å². The number of amides is 1. The van der Waals surface area contributed by atoms with Crippen LogP contribution < -0.4 is 5.32 Å². The van der Waals surface area contributed by atoms with Crippen molar-refractivity contribution in [2.75, 3.05) is 13.1 Å². The van der Waals surface area contributed by atoms with Gasteiger partial charge in [-0.25, -0.2) is 4.98 Å². The Kier molecular flexibility index (Phi) is 7.83. The van der Waals surface area contributed by atoms with E-state index in [1.807, 2.05) is 36.1 Å². The number of benzene rings is 3. The average Bonchev–Trinajstić information content (AvgIpc) is 3.27. The number of piperidine rings is 1. The lowest BCUT2D eigenvalue weighted by Gasteiger charge is -2.38. The van der Waals surface area contributed by atoms with Crippen molar-refractivity contribution in [3.8, 4) is 0 Å². The minimum Gasteiger partial charge on any atom is -0.350 e. The fourth-order valence-corrected chi connectivity index (χ4v) is 5.60. The van der Waals surface area contributed by atoms with E-state index in [4.69, 9.17) is 0 Å². The van der Waals surface area contributed by atoms with Crippen molar-refractivity contribution in [3.63, 3.8) is 0 Å². The first kappa shape index (κ1) is 28.7. The molecule has 1 fully saturated rings. The molecule has 1 N–H and O–H groups in total. The van der Waals surface area contributed by atoms with Crippen LogP contribution in [-0.2, 0) is 23.7 Å². The van der Waals surface area contributed by atoms with Crippen LogP contribution in [-0.4, -0.2) is 33.4 Å². The molecular formula is C30H28F6N4O. The number of nitrogens with one attached hydrogen (secondary N) is 1. The van der Waals surface area contributed by atoms with Gasteiger partial charge in [-0.1, -0.05) is 42.5 Å². The Morgan fingerprint density at radius 2 is 1.49 bits per heavy atom. The Balaban J connectivity index is 1.35. The summed E-state index contributed by atoms with van der Waals surface area (Å²) >= 11 is 0. The predicted octanol–water partition coefficient (Wildman–Crippen LogP) is 7.08. The number of aryl methyl sites for hydroxylation is 1. The van der Waals surface area contributed by atoms with Crippen LogP contribution in [0.4, 0.5) is 26.3 Å². The van der Waals surface area contributed by atoms with Gasteiger partial charge in [0.25, 0.3) is 0 Å². The van der Waals surface area contributed by atoms with Crippen LogP contribution in [0.5, 0.6) is 0 Å². The highest BCUT2D eigenvalue weighted by Gasteiger charge is 2.37. The monoisotopic (exact) mass is 574 g/mol. The highest BCUT2D eigenvalue weighted by Crippen LogP contribution is 2.37. The third kappa shape index (κ3) is 6.24. The van der Waals surface area contributed by atoms with Crippen molar-refractivity contribution in [2.45, 2.75) is 50.7 Å². The number of alkyl halides is 6. The van der Waals surface area contributed by atoms with E-state index >= 15 is 0 Å². The average molecular weight is 575 g/mol. The van der Waals surface area contributed by atoms with E-state index in [1.54, 1.807) is 30.3 Å². The van der Waals surface area contributed by atoms with Crippen LogP contribution in [0, 0.1) is 6.92 Å². The Labute approximate surface area is 232 Å². The first-order valence-electron chi connectivity index (χ1n) is 13.2. The number of hydrogen-bond acceptors (Lipinski definition) is 3. The van der Waals surface area contributed by atoms with Crippen LogP contribution >= 0.6 is 0 Å². The quantitative estimate of drug-likeness (QED) is 0.251. The summed E-state index contributed by atoms with van der Waals surface area (Å²) in [6.07, 6.45) is -8.45. The van der Waals surface area contributed by atoms with Gasteiger partial charge in [0.2, 0.25) is 5.91 Å². The number of aromatic nitrogens is 2. The molecule has 1 unspecified atom stereocenters. The molecule has 1 saturated heterocycles. The first-order valence-corrected chi connectivity index (χ1v) is 13.2. The summed E-state index contributed by atoms with van der Waals surface area (Å²) in [5.74, 6) is 0.409. The number of nitrogens with zero attached hydrogens (tertiary/aromatic N) is 3. The number of hydrogen-bond donors (Lipinski definition) is 1. The molecule has 5 nitrogen and oxygen atoms in total. The fraction of sp³-hybridized carbons (Fsp3) is 0.333. The second kappa shape index (κ2) is 11.2.